The molecule has 1 aromatic carbocycles. The molecular formula is C14H17N5O2S. The van der Waals surface area contributed by atoms with E-state index in [-0.39, 0.29) is 5.91 Å². The maximum Gasteiger partial charge on any atom is 0.233 e. The molecule has 3 rings (SSSR count). The lowest BCUT2D eigenvalue weighted by Crippen LogP contribution is -2.29. The number of amides is 1. The largest absolute Gasteiger partial charge is 0.494 e. The summed E-state index contributed by atoms with van der Waals surface area (Å²) in [5.41, 5.74) is 0.756. The number of hydrogen-bond donors (Lipinski definition) is 0. The number of hydrogen-bond acceptors (Lipinski definition) is 6. The number of likely N-dealkylation sites (tertiary alicyclic amines) is 1. The highest BCUT2D eigenvalue weighted by atomic mass is 32.2. The van der Waals surface area contributed by atoms with Gasteiger partial charge in [-0.25, -0.2) is 0 Å². The Morgan fingerprint density at radius 3 is 2.86 bits per heavy atom. The van der Waals surface area contributed by atoms with Crippen LogP contribution in [0.4, 0.5) is 0 Å². The number of ether oxygens (including phenoxy) is 1. The summed E-state index contributed by atoms with van der Waals surface area (Å²) in [6.45, 7) is 1.72. The van der Waals surface area contributed by atoms with Gasteiger partial charge in [-0.3, -0.25) is 4.79 Å². The van der Waals surface area contributed by atoms with Crippen molar-refractivity contribution in [2.75, 3.05) is 26.0 Å². The zero-order valence-corrected chi connectivity index (χ0v) is 13.1. The fraction of sp³-hybridized carbons (Fsp3) is 0.429. The minimum atomic E-state index is 0.136. The quantitative estimate of drug-likeness (QED) is 0.775. The Labute approximate surface area is 132 Å². The fourth-order valence-corrected chi connectivity index (χ4v) is 3.20. The highest BCUT2D eigenvalue weighted by molar-refractivity contribution is 7.99. The second kappa shape index (κ2) is 6.78. The van der Waals surface area contributed by atoms with Crippen molar-refractivity contribution in [3.63, 3.8) is 0 Å². The minimum absolute atomic E-state index is 0.136. The van der Waals surface area contributed by atoms with E-state index in [0.717, 1.165) is 31.6 Å². The first-order valence-corrected chi connectivity index (χ1v) is 8.10. The molecule has 1 fully saturated rings. The number of carbonyl (C=O) groups excluding carboxylic acids is 1. The lowest BCUT2D eigenvalue weighted by Gasteiger charge is -2.14. The van der Waals surface area contributed by atoms with Gasteiger partial charge in [0, 0.05) is 13.1 Å². The van der Waals surface area contributed by atoms with Crippen LogP contribution in [0.3, 0.4) is 0 Å². The van der Waals surface area contributed by atoms with Crippen LogP contribution in [0.5, 0.6) is 5.75 Å². The summed E-state index contributed by atoms with van der Waals surface area (Å²) < 4.78 is 6.93. The van der Waals surface area contributed by atoms with Gasteiger partial charge < -0.3 is 9.64 Å². The molecule has 7 nitrogen and oxygen atoms in total. The Bertz CT molecular complexity index is 654. The molecule has 2 heterocycles. The molecule has 0 atom stereocenters. The third kappa shape index (κ3) is 3.06. The molecule has 1 amide bonds. The number of para-hydroxylation sites is 2. The third-order valence-corrected chi connectivity index (χ3v) is 4.44. The van der Waals surface area contributed by atoms with Gasteiger partial charge in [0.15, 0.2) is 0 Å². The molecule has 0 aliphatic carbocycles. The van der Waals surface area contributed by atoms with Crippen molar-refractivity contribution in [1.82, 2.24) is 25.1 Å². The van der Waals surface area contributed by atoms with Crippen LogP contribution in [-0.4, -0.2) is 57.0 Å². The first kappa shape index (κ1) is 14.8. The number of tetrazole rings is 1. The molecule has 8 heteroatoms. The topological polar surface area (TPSA) is 73.1 Å². The van der Waals surface area contributed by atoms with E-state index >= 15 is 0 Å². The van der Waals surface area contributed by atoms with Crippen molar-refractivity contribution in [3.8, 4) is 11.4 Å². The van der Waals surface area contributed by atoms with Crippen molar-refractivity contribution >= 4 is 17.7 Å². The van der Waals surface area contributed by atoms with Gasteiger partial charge in [-0.2, -0.15) is 4.68 Å². The molecule has 0 radical (unpaired) electrons. The van der Waals surface area contributed by atoms with Gasteiger partial charge in [0.1, 0.15) is 11.4 Å². The normalized spacial score (nSPS) is 14.3. The molecule has 116 valence electrons. The van der Waals surface area contributed by atoms with Crippen LogP contribution >= 0.6 is 11.8 Å². The van der Waals surface area contributed by atoms with Crippen LogP contribution in [0.25, 0.3) is 5.69 Å². The van der Waals surface area contributed by atoms with Crippen LogP contribution in [-0.2, 0) is 4.79 Å². The molecule has 22 heavy (non-hydrogen) atoms. The summed E-state index contributed by atoms with van der Waals surface area (Å²) in [6, 6.07) is 7.50. The van der Waals surface area contributed by atoms with Crippen LogP contribution in [0.2, 0.25) is 0 Å². The Morgan fingerprint density at radius 1 is 1.32 bits per heavy atom. The number of aromatic nitrogens is 4. The molecule has 1 saturated heterocycles. The Morgan fingerprint density at radius 2 is 2.09 bits per heavy atom. The summed E-state index contributed by atoms with van der Waals surface area (Å²) in [4.78, 5) is 14.0. The van der Waals surface area contributed by atoms with Crippen LogP contribution in [0, 0.1) is 0 Å². The van der Waals surface area contributed by atoms with Gasteiger partial charge in [0.25, 0.3) is 0 Å². The number of thioether (sulfide) groups is 1. The molecule has 2 aromatic rings. The van der Waals surface area contributed by atoms with Gasteiger partial charge in [0.05, 0.1) is 12.9 Å². The third-order valence-electron chi connectivity index (χ3n) is 3.54. The molecule has 0 unspecified atom stereocenters. The van der Waals surface area contributed by atoms with E-state index < -0.39 is 0 Å². The average Bonchev–Trinajstić information content (AvgIpc) is 3.24. The van der Waals surface area contributed by atoms with E-state index in [4.69, 9.17) is 4.74 Å². The molecule has 1 aliphatic rings. The number of methoxy groups -OCH3 is 1. The van der Waals surface area contributed by atoms with Crippen LogP contribution in [0.1, 0.15) is 12.8 Å². The predicted molar refractivity (Wildman–Crippen MR) is 82.2 cm³/mol. The van der Waals surface area contributed by atoms with Crippen molar-refractivity contribution in [2.24, 2.45) is 0 Å². The summed E-state index contributed by atoms with van der Waals surface area (Å²) in [5.74, 6) is 1.16. The van der Waals surface area contributed by atoms with E-state index in [1.807, 2.05) is 29.2 Å². The monoisotopic (exact) mass is 319 g/mol. The van der Waals surface area contributed by atoms with Gasteiger partial charge in [-0.1, -0.05) is 23.9 Å². The van der Waals surface area contributed by atoms with E-state index in [1.54, 1.807) is 11.8 Å². The van der Waals surface area contributed by atoms with E-state index in [2.05, 4.69) is 15.5 Å². The first-order chi connectivity index (χ1) is 10.8. The Hall–Kier alpha value is -2.09. The van der Waals surface area contributed by atoms with E-state index in [0.29, 0.717) is 16.7 Å². The maximum absolute atomic E-state index is 12.1. The van der Waals surface area contributed by atoms with Crippen molar-refractivity contribution in [1.29, 1.82) is 0 Å². The Kier molecular flexibility index (Phi) is 4.57. The summed E-state index contributed by atoms with van der Waals surface area (Å²) in [5, 5.41) is 12.3. The van der Waals surface area contributed by atoms with Gasteiger partial charge in [-0.05, 0) is 35.4 Å². The lowest BCUT2D eigenvalue weighted by atomic mass is 10.3. The zero-order chi connectivity index (χ0) is 15.4. The molecule has 1 aliphatic heterocycles. The molecule has 0 saturated carbocycles. The van der Waals surface area contributed by atoms with Crippen molar-refractivity contribution in [2.45, 2.75) is 18.0 Å². The SMILES string of the molecule is COc1ccccc1-n1nnnc1SCC(=O)N1CCCC1. The zero-order valence-electron chi connectivity index (χ0n) is 12.3. The number of benzene rings is 1. The molecule has 0 N–H and O–H groups in total. The van der Waals surface area contributed by atoms with Crippen molar-refractivity contribution < 1.29 is 9.53 Å². The Balaban J connectivity index is 1.73. The smallest absolute Gasteiger partial charge is 0.233 e. The highest BCUT2D eigenvalue weighted by Gasteiger charge is 2.20. The van der Waals surface area contributed by atoms with E-state index in [1.165, 1.54) is 11.8 Å². The minimum Gasteiger partial charge on any atom is -0.494 e. The number of carbonyl (C=O) groups is 1. The standard InChI is InChI=1S/C14H17N5O2S/c1-21-12-7-3-2-6-11(12)19-14(15-16-17-19)22-10-13(20)18-8-4-5-9-18/h2-3,6-7H,4-5,8-10H2,1H3. The van der Waals surface area contributed by atoms with Crippen LogP contribution < -0.4 is 4.74 Å². The maximum atomic E-state index is 12.1. The van der Waals surface area contributed by atoms with E-state index in [9.17, 15) is 4.79 Å². The first-order valence-electron chi connectivity index (χ1n) is 7.12. The fourth-order valence-electron chi connectivity index (χ4n) is 2.41. The summed E-state index contributed by atoms with van der Waals surface area (Å²) >= 11 is 1.34. The molecule has 0 spiro atoms. The number of rotatable bonds is 5. The average molecular weight is 319 g/mol. The van der Waals surface area contributed by atoms with Gasteiger partial charge >= 0.3 is 0 Å². The predicted octanol–water partition coefficient (Wildman–Crippen LogP) is 1.39. The highest BCUT2D eigenvalue weighted by Crippen LogP contribution is 2.25. The van der Waals surface area contributed by atoms with Gasteiger partial charge in [0.2, 0.25) is 11.1 Å². The number of nitrogens with zero attached hydrogens (tertiary/aromatic N) is 5. The molecule has 1 aromatic heterocycles. The second-order valence-electron chi connectivity index (χ2n) is 4.92. The van der Waals surface area contributed by atoms with Crippen molar-refractivity contribution in [3.05, 3.63) is 24.3 Å². The van der Waals surface area contributed by atoms with Crippen LogP contribution in [0.15, 0.2) is 29.4 Å². The second-order valence-corrected chi connectivity index (χ2v) is 5.86. The molecule has 0 bridgehead atoms. The van der Waals surface area contributed by atoms with Gasteiger partial charge in [-0.15, -0.1) is 5.10 Å². The summed E-state index contributed by atoms with van der Waals surface area (Å²) in [7, 11) is 1.60. The summed E-state index contributed by atoms with van der Waals surface area (Å²) in [6.07, 6.45) is 2.19. The molecular weight excluding hydrogens is 302 g/mol. The lowest BCUT2D eigenvalue weighted by molar-refractivity contribution is -0.127.